The zero-order chi connectivity index (χ0) is 17.8. The molecule has 3 aromatic rings. The third kappa shape index (κ3) is 3.67. The quantitative estimate of drug-likeness (QED) is 0.613. The molecule has 5 heteroatoms. The molecule has 5 N–H and O–H groups in total. The molecule has 2 atom stereocenters. The highest BCUT2D eigenvalue weighted by Gasteiger charge is 2.22. The van der Waals surface area contributed by atoms with E-state index in [4.69, 9.17) is 10.5 Å². The lowest BCUT2D eigenvalue weighted by Crippen LogP contribution is -2.92. The minimum absolute atomic E-state index is 0.142. The second-order valence-electron chi connectivity index (χ2n) is 6.28. The Morgan fingerprint density at radius 1 is 1.20 bits per heavy atom. The highest BCUT2D eigenvalue weighted by molar-refractivity contribution is 5.84. The van der Waals surface area contributed by atoms with Crippen LogP contribution in [0, 0.1) is 0 Å². The van der Waals surface area contributed by atoms with Crippen molar-refractivity contribution in [2.45, 2.75) is 18.9 Å². The Morgan fingerprint density at radius 2 is 1.92 bits per heavy atom. The largest absolute Gasteiger partial charge is 0.497 e. The van der Waals surface area contributed by atoms with Gasteiger partial charge in [0.2, 0.25) is 0 Å². The van der Waals surface area contributed by atoms with Gasteiger partial charge >= 0.3 is 0 Å². The zero-order valence-corrected chi connectivity index (χ0v) is 14.5. The van der Waals surface area contributed by atoms with E-state index in [1.165, 1.54) is 16.5 Å². The summed E-state index contributed by atoms with van der Waals surface area (Å²) in [5, 5.41) is 3.20. The van der Waals surface area contributed by atoms with Gasteiger partial charge in [0.05, 0.1) is 19.6 Å². The highest BCUT2D eigenvalue weighted by Crippen LogP contribution is 2.30. The predicted molar refractivity (Wildman–Crippen MR) is 98.6 cm³/mol. The van der Waals surface area contributed by atoms with Gasteiger partial charge in [-0.3, -0.25) is 4.79 Å². The molecular formula is C20H24N3O2+. The number of carbonyl (C=O) groups is 1. The summed E-state index contributed by atoms with van der Waals surface area (Å²) in [6, 6.07) is 16.1. The van der Waals surface area contributed by atoms with Gasteiger partial charge in [0.15, 0.2) is 6.04 Å². The van der Waals surface area contributed by atoms with Crippen LogP contribution in [0.25, 0.3) is 10.9 Å². The number of amides is 1. The molecule has 2 aromatic carbocycles. The maximum absolute atomic E-state index is 11.4. The molecule has 1 amide bonds. The molecule has 0 aliphatic rings. The van der Waals surface area contributed by atoms with Crippen molar-refractivity contribution in [1.82, 2.24) is 4.98 Å². The van der Waals surface area contributed by atoms with E-state index in [-0.39, 0.29) is 17.9 Å². The normalized spacial score (nSPS) is 13.5. The Labute approximate surface area is 147 Å². The number of carbonyl (C=O) groups excluding carboxylic acids is 1. The fourth-order valence-electron chi connectivity index (χ4n) is 3.12. The predicted octanol–water partition coefficient (Wildman–Crippen LogP) is 1.75. The van der Waals surface area contributed by atoms with Crippen LogP contribution in [0.1, 0.15) is 24.0 Å². The van der Waals surface area contributed by atoms with Gasteiger partial charge in [0, 0.05) is 17.1 Å². The number of hydrogen-bond acceptors (Lipinski definition) is 2. The first kappa shape index (κ1) is 17.0. The van der Waals surface area contributed by atoms with Gasteiger partial charge in [0.25, 0.3) is 5.91 Å². The lowest BCUT2D eigenvalue weighted by atomic mass is 9.90. The molecule has 0 saturated carbocycles. The molecule has 0 saturated heterocycles. The highest BCUT2D eigenvalue weighted by atomic mass is 16.5. The first-order chi connectivity index (χ1) is 12.1. The lowest BCUT2D eigenvalue weighted by Gasteiger charge is -2.18. The van der Waals surface area contributed by atoms with Gasteiger partial charge < -0.3 is 20.8 Å². The van der Waals surface area contributed by atoms with Gasteiger partial charge in [-0.2, -0.15) is 0 Å². The Morgan fingerprint density at radius 3 is 2.60 bits per heavy atom. The Hall–Kier alpha value is -2.79. The molecule has 1 aromatic heterocycles. The van der Waals surface area contributed by atoms with Crippen molar-refractivity contribution in [1.29, 1.82) is 0 Å². The molecule has 130 valence electrons. The third-order valence-corrected chi connectivity index (χ3v) is 4.69. The van der Waals surface area contributed by atoms with E-state index >= 15 is 0 Å². The molecule has 1 heterocycles. The molecule has 3 rings (SSSR count). The second kappa shape index (κ2) is 7.40. The van der Waals surface area contributed by atoms with Gasteiger partial charge in [-0.15, -0.1) is 0 Å². The van der Waals surface area contributed by atoms with Gasteiger partial charge in [-0.1, -0.05) is 30.3 Å². The number of nitrogens with one attached hydrogen (secondary N) is 1. The van der Waals surface area contributed by atoms with Crippen molar-refractivity contribution in [2.75, 3.05) is 13.7 Å². The summed E-state index contributed by atoms with van der Waals surface area (Å²) < 4.78 is 5.26. The number of primary amides is 1. The number of benzene rings is 2. The number of ether oxygens (including phenoxy) is 1. The van der Waals surface area contributed by atoms with Crippen LogP contribution in [-0.2, 0) is 4.79 Å². The van der Waals surface area contributed by atoms with E-state index in [0.717, 1.165) is 17.8 Å². The van der Waals surface area contributed by atoms with Crippen LogP contribution < -0.4 is 15.8 Å². The zero-order valence-electron chi connectivity index (χ0n) is 14.5. The van der Waals surface area contributed by atoms with Crippen LogP contribution >= 0.6 is 0 Å². The van der Waals surface area contributed by atoms with E-state index < -0.39 is 0 Å². The molecule has 0 fully saturated rings. The molecule has 0 spiro atoms. The van der Waals surface area contributed by atoms with Crippen LogP contribution in [0.3, 0.4) is 0 Å². The molecule has 0 radical (unpaired) electrons. The molecular weight excluding hydrogens is 314 g/mol. The minimum Gasteiger partial charge on any atom is -0.497 e. The second-order valence-corrected chi connectivity index (χ2v) is 6.28. The number of rotatable bonds is 7. The number of H-pyrrole nitrogens is 1. The first-order valence-corrected chi connectivity index (χ1v) is 8.42. The van der Waals surface area contributed by atoms with Crippen molar-refractivity contribution in [3.05, 3.63) is 65.9 Å². The van der Waals surface area contributed by atoms with E-state index in [1.54, 1.807) is 7.11 Å². The number of para-hydroxylation sites is 1. The standard InChI is InChI=1S/C20H23N3O2/c1-13(20(21)24)22-11-17(14-7-9-15(25-2)10-8-14)18-12-23-19-6-4-3-5-16(18)19/h3-10,12-13,17,22-23H,11H2,1-2H3,(H2,21,24)/p+1/t13-,17-/m1/s1. The molecule has 0 bridgehead atoms. The van der Waals surface area contributed by atoms with Crippen LogP contribution in [0.15, 0.2) is 54.7 Å². The fourth-order valence-corrected chi connectivity index (χ4v) is 3.12. The number of aromatic amines is 1. The molecule has 0 aliphatic carbocycles. The van der Waals surface area contributed by atoms with Gasteiger partial charge in [0.1, 0.15) is 5.75 Å². The molecule has 5 nitrogen and oxygen atoms in total. The van der Waals surface area contributed by atoms with Crippen molar-refractivity contribution in [3.8, 4) is 5.75 Å². The van der Waals surface area contributed by atoms with Gasteiger partial charge in [-0.25, -0.2) is 0 Å². The maximum atomic E-state index is 11.4. The summed E-state index contributed by atoms with van der Waals surface area (Å²) >= 11 is 0. The molecule has 25 heavy (non-hydrogen) atoms. The SMILES string of the molecule is COc1ccc([C@@H](C[NH2+][C@H](C)C(N)=O)c2c[nH]c3ccccc23)cc1. The van der Waals surface area contributed by atoms with Crippen LogP contribution in [0.2, 0.25) is 0 Å². The topological polar surface area (TPSA) is 84.7 Å². The van der Waals surface area contributed by atoms with Crippen molar-refractivity contribution >= 4 is 16.8 Å². The van der Waals surface area contributed by atoms with Crippen LogP contribution in [0.4, 0.5) is 0 Å². The number of hydrogen-bond donors (Lipinski definition) is 3. The summed E-state index contributed by atoms with van der Waals surface area (Å²) in [7, 11) is 1.66. The van der Waals surface area contributed by atoms with E-state index in [0.29, 0.717) is 0 Å². The minimum atomic E-state index is -0.299. The smallest absolute Gasteiger partial charge is 0.275 e. The first-order valence-electron chi connectivity index (χ1n) is 8.42. The van der Waals surface area contributed by atoms with E-state index in [1.807, 2.05) is 36.5 Å². The number of nitrogens with two attached hydrogens (primary N) is 2. The van der Waals surface area contributed by atoms with Gasteiger partial charge in [-0.05, 0) is 36.2 Å². The Bertz CT molecular complexity index is 855. The van der Waals surface area contributed by atoms with E-state index in [2.05, 4.69) is 35.4 Å². The number of fused-ring (bicyclic) bond motifs is 1. The number of quaternary nitrogens is 1. The Kier molecular flexibility index (Phi) is 5.05. The number of methoxy groups -OCH3 is 1. The average molecular weight is 338 g/mol. The summed E-state index contributed by atoms with van der Waals surface area (Å²) in [6.45, 7) is 2.57. The summed E-state index contributed by atoms with van der Waals surface area (Å²) in [6.07, 6.45) is 2.06. The lowest BCUT2D eigenvalue weighted by molar-refractivity contribution is -0.674. The summed E-state index contributed by atoms with van der Waals surface area (Å²) in [4.78, 5) is 14.7. The van der Waals surface area contributed by atoms with Crippen molar-refractivity contribution in [2.24, 2.45) is 5.73 Å². The average Bonchev–Trinajstić information content (AvgIpc) is 3.06. The summed E-state index contributed by atoms with van der Waals surface area (Å²) in [5.74, 6) is 0.673. The van der Waals surface area contributed by atoms with E-state index in [9.17, 15) is 4.79 Å². The Balaban J connectivity index is 1.97. The number of aromatic nitrogens is 1. The van der Waals surface area contributed by atoms with Crippen molar-refractivity contribution < 1.29 is 14.8 Å². The fraction of sp³-hybridized carbons (Fsp3) is 0.250. The third-order valence-electron chi connectivity index (χ3n) is 4.69. The van der Waals surface area contributed by atoms with Crippen LogP contribution in [-0.4, -0.2) is 30.6 Å². The summed E-state index contributed by atoms with van der Waals surface area (Å²) in [5.41, 5.74) is 8.92. The van der Waals surface area contributed by atoms with Crippen LogP contribution in [0.5, 0.6) is 5.75 Å². The van der Waals surface area contributed by atoms with Crippen molar-refractivity contribution in [3.63, 3.8) is 0 Å². The molecule has 0 unspecified atom stereocenters. The monoisotopic (exact) mass is 338 g/mol. The maximum Gasteiger partial charge on any atom is 0.275 e. The molecule has 0 aliphatic heterocycles.